The zero-order valence-electron chi connectivity index (χ0n) is 17.5. The van der Waals surface area contributed by atoms with Crippen molar-refractivity contribution in [1.82, 2.24) is 15.1 Å². The molecule has 6 nitrogen and oxygen atoms in total. The predicted octanol–water partition coefficient (Wildman–Crippen LogP) is 2.31. The van der Waals surface area contributed by atoms with Gasteiger partial charge in [-0.05, 0) is 49.8 Å². The van der Waals surface area contributed by atoms with Crippen LogP contribution in [0.2, 0.25) is 0 Å². The highest BCUT2D eigenvalue weighted by Gasteiger charge is 2.31. The van der Waals surface area contributed by atoms with Crippen LogP contribution in [0.15, 0.2) is 18.2 Å². The predicted molar refractivity (Wildman–Crippen MR) is 110 cm³/mol. The number of benzene rings is 1. The first kappa shape index (κ1) is 20.6. The highest BCUT2D eigenvalue weighted by atomic mass is 16.5. The smallest absolute Gasteiger partial charge is 0.260 e. The van der Waals surface area contributed by atoms with Crippen molar-refractivity contribution < 1.29 is 14.3 Å². The fourth-order valence-corrected chi connectivity index (χ4v) is 3.55. The molecule has 1 N–H and O–H groups in total. The number of ether oxygens (including phenoxy) is 1. The molecule has 0 bridgehead atoms. The van der Waals surface area contributed by atoms with E-state index in [4.69, 9.17) is 4.74 Å². The van der Waals surface area contributed by atoms with Gasteiger partial charge < -0.3 is 15.0 Å². The zero-order valence-corrected chi connectivity index (χ0v) is 17.5. The van der Waals surface area contributed by atoms with Crippen molar-refractivity contribution in [2.45, 2.75) is 58.5 Å². The minimum atomic E-state index is -0.144. The molecule has 0 aromatic heterocycles. The molecule has 0 radical (unpaired) electrons. The molecular formula is C22H33N3O3. The zero-order chi connectivity index (χ0) is 20.3. The molecule has 1 saturated carbocycles. The van der Waals surface area contributed by atoms with E-state index in [-0.39, 0.29) is 24.5 Å². The molecule has 3 rings (SSSR count). The van der Waals surface area contributed by atoms with E-state index in [9.17, 15) is 9.59 Å². The number of nitrogens with zero attached hydrogens (tertiary/aromatic N) is 2. The van der Waals surface area contributed by atoms with Crippen molar-refractivity contribution in [2.24, 2.45) is 0 Å². The van der Waals surface area contributed by atoms with E-state index in [2.05, 4.69) is 36.2 Å². The first-order valence-corrected chi connectivity index (χ1v) is 10.4. The fraction of sp³-hybridized carbons (Fsp3) is 0.636. The van der Waals surface area contributed by atoms with E-state index >= 15 is 0 Å². The molecule has 1 aromatic rings. The highest BCUT2D eigenvalue weighted by Crippen LogP contribution is 2.27. The van der Waals surface area contributed by atoms with Crippen LogP contribution in [0, 0.1) is 6.92 Å². The number of hydrogen-bond donors (Lipinski definition) is 1. The van der Waals surface area contributed by atoms with Crippen LogP contribution >= 0.6 is 0 Å². The van der Waals surface area contributed by atoms with Gasteiger partial charge in [-0.15, -0.1) is 0 Å². The van der Waals surface area contributed by atoms with Crippen LogP contribution in [0.25, 0.3) is 0 Å². The molecule has 28 heavy (non-hydrogen) atoms. The summed E-state index contributed by atoms with van der Waals surface area (Å²) in [7, 11) is 0. The average Bonchev–Trinajstić information content (AvgIpc) is 3.49. The van der Waals surface area contributed by atoms with Crippen LogP contribution < -0.4 is 10.1 Å². The van der Waals surface area contributed by atoms with E-state index in [1.54, 1.807) is 0 Å². The Hall–Kier alpha value is -2.08. The third-order valence-corrected chi connectivity index (χ3v) is 5.66. The molecule has 0 spiro atoms. The largest absolute Gasteiger partial charge is 0.483 e. The van der Waals surface area contributed by atoms with Gasteiger partial charge in [-0.2, -0.15) is 0 Å². The number of aryl methyl sites for hydroxylation is 1. The summed E-state index contributed by atoms with van der Waals surface area (Å²) < 4.78 is 5.89. The summed E-state index contributed by atoms with van der Waals surface area (Å²) in [5.41, 5.74) is 2.25. The van der Waals surface area contributed by atoms with Crippen LogP contribution in [-0.4, -0.2) is 66.5 Å². The maximum absolute atomic E-state index is 12.6. The Morgan fingerprint density at radius 1 is 1.14 bits per heavy atom. The van der Waals surface area contributed by atoms with E-state index < -0.39 is 0 Å². The van der Waals surface area contributed by atoms with Crippen molar-refractivity contribution in [3.8, 4) is 5.75 Å². The lowest BCUT2D eigenvalue weighted by Crippen LogP contribution is -2.55. The van der Waals surface area contributed by atoms with Gasteiger partial charge in [0.1, 0.15) is 5.75 Å². The van der Waals surface area contributed by atoms with Crippen molar-refractivity contribution in [3.05, 3.63) is 29.3 Å². The normalized spacial score (nSPS) is 18.8. The summed E-state index contributed by atoms with van der Waals surface area (Å²) >= 11 is 0. The van der Waals surface area contributed by atoms with Gasteiger partial charge in [-0.1, -0.05) is 26.0 Å². The summed E-state index contributed by atoms with van der Waals surface area (Å²) in [5.74, 6) is 1.25. The van der Waals surface area contributed by atoms with E-state index in [0.717, 1.165) is 29.7 Å². The first-order chi connectivity index (χ1) is 13.3. The quantitative estimate of drug-likeness (QED) is 0.780. The minimum absolute atomic E-state index is 0.00551. The molecule has 2 aliphatic rings. The topological polar surface area (TPSA) is 61.9 Å². The van der Waals surface area contributed by atoms with Crippen LogP contribution in [0.3, 0.4) is 0 Å². The Balaban J connectivity index is 1.48. The van der Waals surface area contributed by atoms with Gasteiger partial charge >= 0.3 is 0 Å². The molecule has 2 fully saturated rings. The van der Waals surface area contributed by atoms with E-state index in [1.165, 1.54) is 0 Å². The van der Waals surface area contributed by atoms with Gasteiger partial charge in [-0.3, -0.25) is 14.5 Å². The minimum Gasteiger partial charge on any atom is -0.483 e. The average molecular weight is 388 g/mol. The Labute approximate surface area is 168 Å². The molecule has 6 heteroatoms. The molecule has 1 unspecified atom stereocenters. The molecule has 1 atom stereocenters. The van der Waals surface area contributed by atoms with Crippen LogP contribution in [0.1, 0.15) is 50.7 Å². The van der Waals surface area contributed by atoms with Crippen LogP contribution in [0.5, 0.6) is 5.75 Å². The highest BCUT2D eigenvalue weighted by molar-refractivity contribution is 5.82. The number of carbonyl (C=O) groups is 2. The standard InChI is InChI=1S/C22H33N3O3/c1-15(2)19-8-5-16(3)13-20(19)28-14-21(26)25-11-9-24(10-12-25)17(4)22(27)23-18-6-7-18/h5,8,13,15,17-18H,6-7,9-12,14H2,1-4H3,(H,23,27). The lowest BCUT2D eigenvalue weighted by atomic mass is 10.0. The van der Waals surface area contributed by atoms with Crippen LogP contribution in [-0.2, 0) is 9.59 Å². The van der Waals surface area contributed by atoms with Gasteiger partial charge in [0.25, 0.3) is 5.91 Å². The Kier molecular flexibility index (Phi) is 6.60. The molecule has 2 amide bonds. The van der Waals surface area contributed by atoms with Crippen molar-refractivity contribution in [3.63, 3.8) is 0 Å². The molecular weight excluding hydrogens is 354 g/mol. The summed E-state index contributed by atoms with van der Waals surface area (Å²) in [6.07, 6.45) is 2.19. The third kappa shape index (κ3) is 5.25. The lowest BCUT2D eigenvalue weighted by Gasteiger charge is -2.37. The van der Waals surface area contributed by atoms with Crippen molar-refractivity contribution >= 4 is 11.8 Å². The molecule has 1 saturated heterocycles. The first-order valence-electron chi connectivity index (χ1n) is 10.4. The number of piperazine rings is 1. The Bertz CT molecular complexity index is 707. The molecule has 1 aliphatic heterocycles. The lowest BCUT2D eigenvalue weighted by molar-refractivity contribution is -0.136. The van der Waals surface area contributed by atoms with Crippen LogP contribution in [0.4, 0.5) is 0 Å². The van der Waals surface area contributed by atoms with Gasteiger partial charge in [0.15, 0.2) is 6.61 Å². The van der Waals surface area contributed by atoms with Crippen molar-refractivity contribution in [1.29, 1.82) is 0 Å². The fourth-order valence-electron chi connectivity index (χ4n) is 3.55. The maximum Gasteiger partial charge on any atom is 0.260 e. The van der Waals surface area contributed by atoms with Gasteiger partial charge in [0, 0.05) is 32.2 Å². The molecule has 154 valence electrons. The summed E-state index contributed by atoms with van der Waals surface area (Å²) in [6.45, 7) is 11.0. The SMILES string of the molecule is Cc1ccc(C(C)C)c(OCC(=O)N2CCN(C(C)C(=O)NC3CC3)CC2)c1. The third-order valence-electron chi connectivity index (χ3n) is 5.66. The number of carbonyl (C=O) groups excluding carboxylic acids is 2. The maximum atomic E-state index is 12.6. The van der Waals surface area contributed by atoms with E-state index in [0.29, 0.717) is 38.1 Å². The molecule has 1 aliphatic carbocycles. The Morgan fingerprint density at radius 2 is 1.82 bits per heavy atom. The number of hydrogen-bond acceptors (Lipinski definition) is 4. The Morgan fingerprint density at radius 3 is 2.43 bits per heavy atom. The summed E-state index contributed by atoms with van der Waals surface area (Å²) in [5, 5.41) is 3.06. The van der Waals surface area contributed by atoms with Gasteiger partial charge in [0.05, 0.1) is 6.04 Å². The van der Waals surface area contributed by atoms with Gasteiger partial charge in [-0.25, -0.2) is 0 Å². The molecule has 1 heterocycles. The van der Waals surface area contributed by atoms with E-state index in [1.807, 2.05) is 24.8 Å². The number of nitrogens with one attached hydrogen (secondary N) is 1. The second-order valence-corrected chi connectivity index (χ2v) is 8.36. The monoisotopic (exact) mass is 387 g/mol. The second kappa shape index (κ2) is 8.95. The summed E-state index contributed by atoms with van der Waals surface area (Å²) in [4.78, 5) is 28.8. The number of rotatable bonds is 7. The second-order valence-electron chi connectivity index (χ2n) is 8.36. The van der Waals surface area contributed by atoms with Crippen molar-refractivity contribution in [2.75, 3.05) is 32.8 Å². The summed E-state index contributed by atoms with van der Waals surface area (Å²) in [6, 6.07) is 6.39. The van der Waals surface area contributed by atoms with Gasteiger partial charge in [0.2, 0.25) is 5.91 Å². The number of amides is 2. The molecule has 1 aromatic carbocycles.